The fourth-order valence-electron chi connectivity index (χ4n) is 3.58. The van der Waals surface area contributed by atoms with Gasteiger partial charge >= 0.3 is 0 Å². The quantitative estimate of drug-likeness (QED) is 0.455. The highest BCUT2D eigenvalue weighted by atomic mass is 35.5. The summed E-state index contributed by atoms with van der Waals surface area (Å²) in [7, 11) is 1.68. The largest absolute Gasteiger partial charge is 0.497 e. The average Bonchev–Trinajstić information content (AvgIpc) is 3.36. The summed E-state index contributed by atoms with van der Waals surface area (Å²) in [5, 5.41) is 6.11. The predicted octanol–water partition coefficient (Wildman–Crippen LogP) is 5.05. The first-order chi connectivity index (χ1) is 13.7. The summed E-state index contributed by atoms with van der Waals surface area (Å²) >= 11 is 10.7. The van der Waals surface area contributed by atoms with Crippen LogP contribution in [0.5, 0.6) is 5.75 Å². The number of methoxy groups -OCH3 is 1. The topological polar surface area (TPSA) is 52.8 Å². The van der Waals surface area contributed by atoms with E-state index in [2.05, 4.69) is 22.2 Å². The van der Waals surface area contributed by atoms with E-state index in [0.29, 0.717) is 11.6 Å². The zero-order valence-corrected chi connectivity index (χ0v) is 17.6. The van der Waals surface area contributed by atoms with Crippen LogP contribution in [0.4, 0.5) is 0 Å². The van der Waals surface area contributed by atoms with Crippen LogP contribution < -0.4 is 4.74 Å². The van der Waals surface area contributed by atoms with E-state index in [1.807, 2.05) is 23.9 Å². The third-order valence-electron chi connectivity index (χ3n) is 4.92. The number of thiophene rings is 1. The number of fused-ring (bicyclic) bond motifs is 3. The first kappa shape index (κ1) is 18.0. The van der Waals surface area contributed by atoms with Gasteiger partial charge < -0.3 is 4.74 Å². The molecule has 1 aliphatic heterocycles. The van der Waals surface area contributed by atoms with Crippen molar-refractivity contribution in [3.63, 3.8) is 0 Å². The molecule has 1 aliphatic rings. The number of nitrogens with zero attached hydrogens (tertiary/aromatic N) is 4. The summed E-state index contributed by atoms with van der Waals surface area (Å²) in [6, 6.07) is 8.09. The second-order valence-electron chi connectivity index (χ2n) is 6.56. The van der Waals surface area contributed by atoms with Gasteiger partial charge in [0.25, 0.3) is 0 Å². The maximum absolute atomic E-state index is 6.96. The lowest BCUT2D eigenvalue weighted by Crippen LogP contribution is -2.05. The minimum atomic E-state index is 0.495. The number of thioether (sulfide) groups is 1. The Hall–Kier alpha value is -2.09. The van der Waals surface area contributed by atoms with E-state index in [-0.39, 0.29) is 0 Å². The van der Waals surface area contributed by atoms with Crippen LogP contribution >= 0.6 is 34.7 Å². The minimum absolute atomic E-state index is 0.495. The summed E-state index contributed by atoms with van der Waals surface area (Å²) in [6.07, 6.45) is 4.27. The van der Waals surface area contributed by atoms with Crippen LogP contribution in [0.25, 0.3) is 21.3 Å². The molecule has 0 atom stereocenters. The van der Waals surface area contributed by atoms with Crippen LogP contribution in [0, 0.1) is 0 Å². The highest BCUT2D eigenvalue weighted by Gasteiger charge is 2.24. The second kappa shape index (κ2) is 7.39. The molecular weight excluding hydrogens is 412 g/mol. The second-order valence-corrected chi connectivity index (χ2v) is 9.12. The standard InChI is InChI=1S/C20H17ClN4OS2/c1-26-13-4-2-12(3-5-13)17-18-14-6-7-27-9-16(14)28-20(18)24-15(19(17)21)8-25-11-22-10-23-25/h2-5,10-11H,6-9H2,1H3. The van der Waals surface area contributed by atoms with Crippen LogP contribution in [0.3, 0.4) is 0 Å². The first-order valence-corrected chi connectivity index (χ1v) is 11.3. The molecule has 3 aromatic heterocycles. The van der Waals surface area contributed by atoms with E-state index in [1.54, 1.807) is 29.5 Å². The molecule has 0 saturated heterocycles. The van der Waals surface area contributed by atoms with Gasteiger partial charge in [-0.3, -0.25) is 0 Å². The maximum atomic E-state index is 6.96. The number of rotatable bonds is 4. The van der Waals surface area contributed by atoms with Crippen LogP contribution in [0.15, 0.2) is 36.9 Å². The number of aryl methyl sites for hydroxylation is 1. The van der Waals surface area contributed by atoms with Crippen molar-refractivity contribution >= 4 is 44.9 Å². The van der Waals surface area contributed by atoms with Crippen molar-refractivity contribution < 1.29 is 4.74 Å². The van der Waals surface area contributed by atoms with Gasteiger partial charge in [0.05, 0.1) is 24.4 Å². The highest BCUT2D eigenvalue weighted by molar-refractivity contribution is 7.98. The van der Waals surface area contributed by atoms with Gasteiger partial charge in [0, 0.05) is 21.6 Å². The lowest BCUT2D eigenvalue weighted by molar-refractivity contribution is 0.415. The number of benzene rings is 1. The van der Waals surface area contributed by atoms with E-state index in [0.717, 1.165) is 45.3 Å². The van der Waals surface area contributed by atoms with Gasteiger partial charge in [-0.15, -0.1) is 11.3 Å². The number of halogens is 1. The molecule has 0 saturated carbocycles. The molecule has 5 nitrogen and oxygen atoms in total. The fourth-order valence-corrected chi connectivity index (χ4v) is 6.27. The van der Waals surface area contributed by atoms with Crippen molar-refractivity contribution in [3.05, 3.63) is 58.1 Å². The van der Waals surface area contributed by atoms with Crippen molar-refractivity contribution in [1.82, 2.24) is 19.7 Å². The summed E-state index contributed by atoms with van der Waals surface area (Å²) in [5.41, 5.74) is 4.37. The number of hydrogen-bond donors (Lipinski definition) is 0. The Morgan fingerprint density at radius 2 is 2.11 bits per heavy atom. The van der Waals surface area contributed by atoms with Crippen molar-refractivity contribution in [3.8, 4) is 16.9 Å². The van der Waals surface area contributed by atoms with Crippen LogP contribution in [-0.2, 0) is 18.7 Å². The predicted molar refractivity (Wildman–Crippen MR) is 116 cm³/mol. The Bertz CT molecular complexity index is 1140. The normalized spacial score (nSPS) is 13.6. The summed E-state index contributed by atoms with van der Waals surface area (Å²) in [5.74, 6) is 3.02. The molecule has 0 radical (unpaired) electrons. The van der Waals surface area contributed by atoms with Crippen LogP contribution in [0.2, 0.25) is 5.02 Å². The zero-order valence-electron chi connectivity index (χ0n) is 15.2. The van der Waals surface area contributed by atoms with Crippen molar-refractivity contribution in [1.29, 1.82) is 0 Å². The Labute approximate surface area is 175 Å². The summed E-state index contributed by atoms with van der Waals surface area (Å²) < 4.78 is 7.08. The molecule has 0 bridgehead atoms. The molecule has 4 heterocycles. The van der Waals surface area contributed by atoms with Crippen LogP contribution in [0.1, 0.15) is 16.1 Å². The van der Waals surface area contributed by atoms with Gasteiger partial charge in [-0.2, -0.15) is 16.9 Å². The lowest BCUT2D eigenvalue weighted by Gasteiger charge is -2.15. The summed E-state index contributed by atoms with van der Waals surface area (Å²) in [4.78, 5) is 11.4. The maximum Gasteiger partial charge on any atom is 0.137 e. The van der Waals surface area contributed by atoms with E-state index in [4.69, 9.17) is 21.3 Å². The first-order valence-electron chi connectivity index (χ1n) is 8.92. The molecule has 0 unspecified atom stereocenters. The van der Waals surface area contributed by atoms with Crippen molar-refractivity contribution in [2.45, 2.75) is 18.7 Å². The fraction of sp³-hybridized carbons (Fsp3) is 0.250. The number of hydrogen-bond acceptors (Lipinski definition) is 6. The molecule has 4 aromatic rings. The van der Waals surface area contributed by atoms with E-state index in [9.17, 15) is 0 Å². The lowest BCUT2D eigenvalue weighted by atomic mass is 9.97. The third kappa shape index (κ3) is 3.07. The molecule has 0 amide bonds. The van der Waals surface area contributed by atoms with Gasteiger partial charge in [0.15, 0.2) is 0 Å². The molecule has 5 rings (SSSR count). The third-order valence-corrected chi connectivity index (χ3v) is 7.62. The number of ether oxygens (including phenoxy) is 1. The molecule has 1 aromatic carbocycles. The SMILES string of the molecule is COc1ccc(-c2c(Cl)c(Cn3cncn3)nc3sc4c(c23)CCSC4)cc1. The minimum Gasteiger partial charge on any atom is -0.497 e. The average molecular weight is 429 g/mol. The molecule has 0 fully saturated rings. The molecule has 0 N–H and O–H groups in total. The van der Waals surface area contributed by atoms with E-state index >= 15 is 0 Å². The number of aromatic nitrogens is 4. The monoisotopic (exact) mass is 428 g/mol. The van der Waals surface area contributed by atoms with Gasteiger partial charge in [-0.05, 0) is 35.4 Å². The molecule has 0 spiro atoms. The Kier molecular flexibility index (Phi) is 4.74. The van der Waals surface area contributed by atoms with Gasteiger partial charge in [-0.25, -0.2) is 14.6 Å². The van der Waals surface area contributed by atoms with Gasteiger partial charge in [0.2, 0.25) is 0 Å². The number of pyridine rings is 1. The molecule has 0 aliphatic carbocycles. The molecule has 28 heavy (non-hydrogen) atoms. The van der Waals surface area contributed by atoms with Crippen molar-refractivity contribution in [2.24, 2.45) is 0 Å². The van der Waals surface area contributed by atoms with E-state index < -0.39 is 0 Å². The zero-order chi connectivity index (χ0) is 19.1. The Balaban J connectivity index is 1.76. The smallest absolute Gasteiger partial charge is 0.137 e. The Morgan fingerprint density at radius 1 is 1.25 bits per heavy atom. The van der Waals surface area contributed by atoms with Crippen molar-refractivity contribution in [2.75, 3.05) is 12.9 Å². The van der Waals surface area contributed by atoms with Gasteiger partial charge in [0.1, 0.15) is 23.2 Å². The summed E-state index contributed by atoms with van der Waals surface area (Å²) in [6.45, 7) is 0.495. The highest BCUT2D eigenvalue weighted by Crippen LogP contribution is 2.45. The van der Waals surface area contributed by atoms with Gasteiger partial charge in [-0.1, -0.05) is 23.7 Å². The van der Waals surface area contributed by atoms with E-state index in [1.165, 1.54) is 22.2 Å². The molecule has 8 heteroatoms. The molecule has 142 valence electrons. The van der Waals surface area contributed by atoms with Crippen LogP contribution in [-0.4, -0.2) is 32.6 Å². The molecular formula is C20H17ClN4OS2. The Morgan fingerprint density at radius 3 is 2.86 bits per heavy atom.